The lowest BCUT2D eigenvalue weighted by Crippen LogP contribution is -1.95. The lowest BCUT2D eigenvalue weighted by Gasteiger charge is -2.05. The summed E-state index contributed by atoms with van der Waals surface area (Å²) in [5, 5.41) is 22.5. The molecule has 3 aromatic carbocycles. The molecule has 0 heterocycles. The van der Waals surface area contributed by atoms with Crippen molar-refractivity contribution in [3.05, 3.63) is 88.0 Å². The summed E-state index contributed by atoms with van der Waals surface area (Å²) in [4.78, 5) is 22.3. The number of hydrogen-bond acceptors (Lipinski definition) is 4. The minimum atomic E-state index is -0.516. The van der Waals surface area contributed by atoms with Crippen molar-refractivity contribution in [1.82, 2.24) is 0 Å². The molecule has 0 amide bonds. The van der Waals surface area contributed by atoms with Gasteiger partial charge in [-0.1, -0.05) is 30.3 Å². The standard InChI is InChI=1S/C19H13NO4/c21-18(14-5-8-15(9-6-14)20(23)24)12-10-17-16-4-2-1-3-13(16)7-11-19(17)22/h1-12,22H/b12-10+. The largest absolute Gasteiger partial charge is 0.507 e. The molecule has 24 heavy (non-hydrogen) atoms. The first-order valence-corrected chi connectivity index (χ1v) is 7.24. The quantitative estimate of drug-likeness (QED) is 0.335. The van der Waals surface area contributed by atoms with Gasteiger partial charge in [0.15, 0.2) is 5.78 Å². The zero-order chi connectivity index (χ0) is 17.1. The molecule has 0 aliphatic carbocycles. The molecule has 0 saturated carbocycles. The molecule has 3 aromatic rings. The number of carbonyl (C=O) groups excluding carboxylic acids is 1. The van der Waals surface area contributed by atoms with Crippen LogP contribution < -0.4 is 0 Å². The summed E-state index contributed by atoms with van der Waals surface area (Å²) in [5.41, 5.74) is 0.835. The Morgan fingerprint density at radius 1 is 1.00 bits per heavy atom. The van der Waals surface area contributed by atoms with Crippen LogP contribution in [0.2, 0.25) is 0 Å². The highest BCUT2D eigenvalue weighted by Crippen LogP contribution is 2.28. The number of phenolic OH excluding ortho intramolecular Hbond substituents is 1. The van der Waals surface area contributed by atoms with Crippen molar-refractivity contribution in [2.24, 2.45) is 0 Å². The highest BCUT2D eigenvalue weighted by Gasteiger charge is 2.08. The van der Waals surface area contributed by atoms with Crippen LogP contribution in [-0.4, -0.2) is 15.8 Å². The Kier molecular flexibility index (Phi) is 4.07. The minimum Gasteiger partial charge on any atom is -0.507 e. The Bertz CT molecular complexity index is 959. The molecule has 5 nitrogen and oxygen atoms in total. The zero-order valence-electron chi connectivity index (χ0n) is 12.5. The van der Waals surface area contributed by atoms with E-state index in [1.807, 2.05) is 24.3 Å². The van der Waals surface area contributed by atoms with Crippen molar-refractivity contribution in [3.63, 3.8) is 0 Å². The SMILES string of the molecule is O=C(/C=C/c1c(O)ccc2ccccc12)c1ccc([N+](=O)[O-])cc1. The molecule has 0 aliphatic heterocycles. The van der Waals surface area contributed by atoms with Crippen molar-refractivity contribution in [2.75, 3.05) is 0 Å². The van der Waals surface area contributed by atoms with E-state index in [-0.39, 0.29) is 17.2 Å². The molecule has 0 unspecified atom stereocenters. The molecule has 118 valence electrons. The number of carbonyl (C=O) groups is 1. The molecule has 3 rings (SSSR count). The fraction of sp³-hybridized carbons (Fsp3) is 0. The molecule has 0 bridgehead atoms. The third kappa shape index (κ3) is 3.01. The van der Waals surface area contributed by atoms with Crippen LogP contribution in [0.5, 0.6) is 5.75 Å². The fourth-order valence-corrected chi connectivity index (χ4v) is 2.46. The Morgan fingerprint density at radius 2 is 1.71 bits per heavy atom. The average Bonchev–Trinajstić information content (AvgIpc) is 2.60. The number of ketones is 1. The van der Waals surface area contributed by atoms with E-state index in [0.29, 0.717) is 11.1 Å². The van der Waals surface area contributed by atoms with Crippen LogP contribution in [0, 0.1) is 10.1 Å². The summed E-state index contributed by atoms with van der Waals surface area (Å²) in [6.45, 7) is 0. The van der Waals surface area contributed by atoms with Gasteiger partial charge < -0.3 is 5.11 Å². The molecule has 5 heteroatoms. The van der Waals surface area contributed by atoms with Gasteiger partial charge in [-0.3, -0.25) is 14.9 Å². The molecular formula is C19H13NO4. The topological polar surface area (TPSA) is 80.4 Å². The highest BCUT2D eigenvalue weighted by atomic mass is 16.6. The first-order valence-electron chi connectivity index (χ1n) is 7.24. The maximum Gasteiger partial charge on any atom is 0.269 e. The second-order valence-corrected chi connectivity index (χ2v) is 5.22. The Balaban J connectivity index is 1.92. The Morgan fingerprint density at radius 3 is 2.42 bits per heavy atom. The van der Waals surface area contributed by atoms with E-state index < -0.39 is 4.92 Å². The maximum absolute atomic E-state index is 12.2. The van der Waals surface area contributed by atoms with Gasteiger partial charge in [0.05, 0.1) is 4.92 Å². The van der Waals surface area contributed by atoms with Crippen molar-refractivity contribution in [3.8, 4) is 5.75 Å². The molecule has 0 aliphatic rings. The van der Waals surface area contributed by atoms with E-state index in [2.05, 4.69) is 0 Å². The summed E-state index contributed by atoms with van der Waals surface area (Å²) >= 11 is 0. The number of non-ortho nitro benzene ring substituents is 1. The lowest BCUT2D eigenvalue weighted by atomic mass is 10.0. The molecule has 1 N–H and O–H groups in total. The summed E-state index contributed by atoms with van der Waals surface area (Å²) in [7, 11) is 0. The monoisotopic (exact) mass is 319 g/mol. The van der Waals surface area contributed by atoms with Gasteiger partial charge in [0.25, 0.3) is 5.69 Å². The fourth-order valence-electron chi connectivity index (χ4n) is 2.46. The third-order valence-corrected chi connectivity index (χ3v) is 3.71. The Hall–Kier alpha value is -3.47. The maximum atomic E-state index is 12.2. The predicted molar refractivity (Wildman–Crippen MR) is 92.1 cm³/mol. The van der Waals surface area contributed by atoms with Gasteiger partial charge in [0.2, 0.25) is 0 Å². The van der Waals surface area contributed by atoms with Crippen molar-refractivity contribution in [2.45, 2.75) is 0 Å². The van der Waals surface area contributed by atoms with E-state index in [1.54, 1.807) is 18.2 Å². The molecule has 0 atom stereocenters. The van der Waals surface area contributed by atoms with Crippen LogP contribution in [0.4, 0.5) is 5.69 Å². The van der Waals surface area contributed by atoms with E-state index in [1.165, 1.54) is 30.3 Å². The molecule has 0 fully saturated rings. The predicted octanol–water partition coefficient (Wildman–Crippen LogP) is 4.35. The van der Waals surface area contributed by atoms with Crippen molar-refractivity contribution in [1.29, 1.82) is 0 Å². The van der Waals surface area contributed by atoms with Crippen LogP contribution in [0.3, 0.4) is 0 Å². The summed E-state index contributed by atoms with van der Waals surface area (Å²) in [5.74, 6) is -0.210. The van der Waals surface area contributed by atoms with Crippen LogP contribution in [0.1, 0.15) is 15.9 Å². The number of hydrogen-bond donors (Lipinski definition) is 1. The van der Waals surface area contributed by atoms with E-state index >= 15 is 0 Å². The molecule has 0 radical (unpaired) electrons. The van der Waals surface area contributed by atoms with E-state index in [4.69, 9.17) is 0 Å². The second-order valence-electron chi connectivity index (χ2n) is 5.22. The van der Waals surface area contributed by atoms with Gasteiger partial charge in [0.1, 0.15) is 5.75 Å². The number of nitro groups is 1. The number of benzene rings is 3. The number of fused-ring (bicyclic) bond motifs is 1. The molecule has 0 saturated heterocycles. The van der Waals surface area contributed by atoms with Crippen molar-refractivity contribution >= 4 is 28.3 Å². The van der Waals surface area contributed by atoms with Gasteiger partial charge in [-0.25, -0.2) is 0 Å². The average molecular weight is 319 g/mol. The normalized spacial score (nSPS) is 11.0. The van der Waals surface area contributed by atoms with Crippen molar-refractivity contribution < 1.29 is 14.8 Å². The Labute approximate surface area is 137 Å². The zero-order valence-corrected chi connectivity index (χ0v) is 12.5. The van der Waals surface area contributed by atoms with E-state index in [9.17, 15) is 20.0 Å². The van der Waals surface area contributed by atoms with Gasteiger partial charge in [-0.2, -0.15) is 0 Å². The van der Waals surface area contributed by atoms with Crippen LogP contribution in [0.15, 0.2) is 66.7 Å². The first kappa shape index (κ1) is 15.4. The minimum absolute atomic E-state index is 0.0674. The van der Waals surface area contributed by atoms with Gasteiger partial charge >= 0.3 is 0 Å². The number of nitro benzene ring substituents is 1. The number of phenols is 1. The molecule has 0 spiro atoms. The number of rotatable bonds is 4. The number of aromatic hydroxyl groups is 1. The van der Waals surface area contributed by atoms with Gasteiger partial charge in [0, 0.05) is 23.3 Å². The third-order valence-electron chi connectivity index (χ3n) is 3.71. The molecular weight excluding hydrogens is 306 g/mol. The number of nitrogens with zero attached hydrogens (tertiary/aromatic N) is 1. The van der Waals surface area contributed by atoms with Crippen LogP contribution >= 0.6 is 0 Å². The van der Waals surface area contributed by atoms with Crippen LogP contribution in [-0.2, 0) is 0 Å². The molecule has 0 aromatic heterocycles. The van der Waals surface area contributed by atoms with Gasteiger partial charge in [-0.05, 0) is 41.1 Å². The summed E-state index contributed by atoms with van der Waals surface area (Å²) < 4.78 is 0. The smallest absolute Gasteiger partial charge is 0.269 e. The van der Waals surface area contributed by atoms with E-state index in [0.717, 1.165) is 10.8 Å². The highest BCUT2D eigenvalue weighted by molar-refractivity contribution is 6.08. The second kappa shape index (κ2) is 6.34. The first-order chi connectivity index (χ1) is 11.6. The summed E-state index contributed by atoms with van der Waals surface area (Å²) in [6.07, 6.45) is 2.91. The number of allylic oxidation sites excluding steroid dienone is 1. The van der Waals surface area contributed by atoms with Gasteiger partial charge in [-0.15, -0.1) is 0 Å². The lowest BCUT2D eigenvalue weighted by molar-refractivity contribution is -0.384. The summed E-state index contributed by atoms with van der Waals surface area (Å²) in [6, 6.07) is 16.3. The van der Waals surface area contributed by atoms with Crippen LogP contribution in [0.25, 0.3) is 16.8 Å².